The van der Waals surface area contributed by atoms with Crippen LogP contribution in [0.5, 0.6) is 0 Å². The van der Waals surface area contributed by atoms with Crippen LogP contribution in [-0.4, -0.2) is 52.7 Å². The molecule has 0 aliphatic carbocycles. The minimum Gasteiger partial charge on any atom is -0.418 e. The van der Waals surface area contributed by atoms with Crippen molar-refractivity contribution in [3.63, 3.8) is 0 Å². The molecule has 1 aromatic carbocycles. The first-order valence-electron chi connectivity index (χ1n) is 9.22. The zero-order chi connectivity index (χ0) is 21.3. The van der Waals surface area contributed by atoms with Gasteiger partial charge in [-0.3, -0.25) is 9.59 Å². The summed E-state index contributed by atoms with van der Waals surface area (Å²) in [5.41, 5.74) is 0.0739. The molecule has 1 aliphatic rings. The molecule has 0 N–H and O–H groups in total. The Labute approximate surface area is 177 Å². The van der Waals surface area contributed by atoms with Crippen molar-refractivity contribution in [1.29, 1.82) is 0 Å². The van der Waals surface area contributed by atoms with Gasteiger partial charge in [0.1, 0.15) is 11.4 Å². The van der Waals surface area contributed by atoms with Crippen LogP contribution in [0, 0.1) is 0 Å². The van der Waals surface area contributed by atoms with Gasteiger partial charge in [0, 0.05) is 6.54 Å². The van der Waals surface area contributed by atoms with E-state index in [1.807, 2.05) is 24.4 Å². The third kappa shape index (κ3) is 3.61. The maximum atomic E-state index is 12.9. The van der Waals surface area contributed by atoms with Crippen LogP contribution in [0.4, 0.5) is 0 Å². The van der Waals surface area contributed by atoms with E-state index in [1.165, 1.54) is 28.4 Å². The van der Waals surface area contributed by atoms with Crippen LogP contribution in [0.15, 0.2) is 51.1 Å². The van der Waals surface area contributed by atoms with Gasteiger partial charge >= 0.3 is 0 Å². The van der Waals surface area contributed by atoms with E-state index in [2.05, 4.69) is 10.2 Å². The SMILES string of the molecule is CCCN(Cc1nnc(-c2cccs2)o1)C(=O)CN1C(=O)c2ccccc2S1(=O)=O. The summed E-state index contributed by atoms with van der Waals surface area (Å²) in [5, 5.41) is 9.86. The fourth-order valence-electron chi connectivity index (χ4n) is 3.15. The minimum absolute atomic E-state index is 0.0279. The molecule has 156 valence electrons. The maximum Gasteiger partial charge on any atom is 0.269 e. The molecule has 0 radical (unpaired) electrons. The summed E-state index contributed by atoms with van der Waals surface area (Å²) in [6, 6.07) is 9.64. The number of hydrogen-bond acceptors (Lipinski definition) is 8. The van der Waals surface area contributed by atoms with Crippen LogP contribution in [0.2, 0.25) is 0 Å². The van der Waals surface area contributed by atoms with E-state index >= 15 is 0 Å². The van der Waals surface area contributed by atoms with Gasteiger partial charge < -0.3 is 9.32 Å². The summed E-state index contributed by atoms with van der Waals surface area (Å²) in [7, 11) is -4.05. The first-order valence-corrected chi connectivity index (χ1v) is 11.5. The number of sulfonamides is 1. The molecule has 2 amide bonds. The molecule has 3 aromatic rings. The van der Waals surface area contributed by atoms with Crippen molar-refractivity contribution in [1.82, 2.24) is 19.4 Å². The zero-order valence-electron chi connectivity index (χ0n) is 16.0. The van der Waals surface area contributed by atoms with Crippen LogP contribution in [0.25, 0.3) is 10.8 Å². The van der Waals surface area contributed by atoms with E-state index in [-0.39, 0.29) is 22.9 Å². The fourth-order valence-corrected chi connectivity index (χ4v) is 5.32. The van der Waals surface area contributed by atoms with Crippen molar-refractivity contribution in [3.8, 4) is 10.8 Å². The van der Waals surface area contributed by atoms with Gasteiger partial charge in [0.15, 0.2) is 0 Å². The van der Waals surface area contributed by atoms with E-state index in [0.717, 1.165) is 4.88 Å². The number of rotatable bonds is 7. The smallest absolute Gasteiger partial charge is 0.269 e. The predicted molar refractivity (Wildman–Crippen MR) is 108 cm³/mol. The van der Waals surface area contributed by atoms with Gasteiger partial charge in [0.05, 0.1) is 17.0 Å². The lowest BCUT2D eigenvalue weighted by atomic mass is 10.2. The molecule has 2 aromatic heterocycles. The van der Waals surface area contributed by atoms with Gasteiger partial charge in [-0.05, 0) is 30.0 Å². The van der Waals surface area contributed by atoms with Gasteiger partial charge in [-0.15, -0.1) is 21.5 Å². The molecule has 0 saturated carbocycles. The van der Waals surface area contributed by atoms with Crippen LogP contribution < -0.4 is 0 Å². The Bertz CT molecular complexity index is 1190. The monoisotopic (exact) mass is 446 g/mol. The third-order valence-corrected chi connectivity index (χ3v) is 7.21. The summed E-state index contributed by atoms with van der Waals surface area (Å²) < 4.78 is 31.6. The van der Waals surface area contributed by atoms with Gasteiger partial charge in [-0.1, -0.05) is 25.1 Å². The molecular weight excluding hydrogens is 428 g/mol. The Balaban J connectivity index is 1.51. The summed E-state index contributed by atoms with van der Waals surface area (Å²) in [6.07, 6.45) is 0.637. The van der Waals surface area contributed by atoms with Crippen LogP contribution >= 0.6 is 11.3 Å². The van der Waals surface area contributed by atoms with E-state index in [1.54, 1.807) is 12.1 Å². The quantitative estimate of drug-likeness (QED) is 0.547. The number of hydrogen-bond donors (Lipinski definition) is 0. The summed E-state index contributed by atoms with van der Waals surface area (Å²) in [4.78, 5) is 27.6. The summed E-state index contributed by atoms with van der Waals surface area (Å²) in [5.74, 6) is -0.624. The number of fused-ring (bicyclic) bond motifs is 1. The number of carbonyl (C=O) groups excluding carboxylic acids is 2. The largest absolute Gasteiger partial charge is 0.418 e. The highest BCUT2D eigenvalue weighted by Gasteiger charge is 2.42. The Morgan fingerprint density at radius 2 is 2.00 bits per heavy atom. The van der Waals surface area contributed by atoms with E-state index in [4.69, 9.17) is 4.42 Å². The van der Waals surface area contributed by atoms with E-state index in [9.17, 15) is 18.0 Å². The third-order valence-electron chi connectivity index (χ3n) is 4.56. The Kier molecular flexibility index (Phi) is 5.39. The lowest BCUT2D eigenvalue weighted by molar-refractivity contribution is -0.132. The number of amides is 2. The molecule has 0 spiro atoms. The zero-order valence-corrected chi connectivity index (χ0v) is 17.6. The standard InChI is InChI=1S/C19H18N4O5S2/c1-2-9-22(11-16-20-21-18(28-16)14-7-5-10-29-14)17(24)12-23-19(25)13-6-3-4-8-15(13)30(23,26)27/h3-8,10H,2,9,11-12H2,1H3. The lowest BCUT2D eigenvalue weighted by Gasteiger charge is -2.23. The molecule has 0 saturated heterocycles. The first-order chi connectivity index (χ1) is 14.4. The molecule has 0 bridgehead atoms. The fraction of sp³-hybridized carbons (Fsp3) is 0.263. The molecule has 0 atom stereocenters. The number of nitrogens with zero attached hydrogens (tertiary/aromatic N) is 4. The lowest BCUT2D eigenvalue weighted by Crippen LogP contribution is -2.42. The van der Waals surface area contributed by atoms with Gasteiger partial charge in [0.25, 0.3) is 21.8 Å². The van der Waals surface area contributed by atoms with Crippen molar-refractivity contribution >= 4 is 33.2 Å². The van der Waals surface area contributed by atoms with Crippen molar-refractivity contribution < 1.29 is 22.4 Å². The van der Waals surface area contributed by atoms with Gasteiger partial charge in [0.2, 0.25) is 11.8 Å². The molecule has 11 heteroatoms. The maximum absolute atomic E-state index is 12.9. The topological polar surface area (TPSA) is 114 Å². The molecule has 9 nitrogen and oxygen atoms in total. The Hall–Kier alpha value is -3.05. The van der Waals surface area contributed by atoms with Gasteiger partial charge in [-0.2, -0.15) is 0 Å². The Morgan fingerprint density at radius 3 is 2.70 bits per heavy atom. The molecular formula is C19H18N4O5S2. The minimum atomic E-state index is -4.05. The van der Waals surface area contributed by atoms with Crippen molar-refractivity contribution in [2.24, 2.45) is 0 Å². The first kappa shape index (κ1) is 20.2. The highest BCUT2D eigenvalue weighted by atomic mass is 32.2. The second kappa shape index (κ2) is 8.00. The van der Waals surface area contributed by atoms with Crippen LogP contribution in [0.1, 0.15) is 29.6 Å². The number of aromatic nitrogens is 2. The van der Waals surface area contributed by atoms with E-state index < -0.39 is 28.4 Å². The van der Waals surface area contributed by atoms with E-state index in [0.29, 0.717) is 23.2 Å². The molecule has 0 unspecified atom stereocenters. The summed E-state index contributed by atoms with van der Waals surface area (Å²) in [6.45, 7) is 1.69. The normalized spacial score (nSPS) is 14.7. The highest BCUT2D eigenvalue weighted by Crippen LogP contribution is 2.30. The van der Waals surface area contributed by atoms with Crippen molar-refractivity contribution in [2.45, 2.75) is 24.8 Å². The van der Waals surface area contributed by atoms with Crippen LogP contribution in [0.3, 0.4) is 0 Å². The van der Waals surface area contributed by atoms with Crippen molar-refractivity contribution in [3.05, 3.63) is 53.2 Å². The average Bonchev–Trinajstić information content (AvgIpc) is 3.45. The molecule has 30 heavy (non-hydrogen) atoms. The predicted octanol–water partition coefficient (Wildman–Crippen LogP) is 2.38. The molecule has 3 heterocycles. The second-order valence-electron chi connectivity index (χ2n) is 6.61. The number of carbonyl (C=O) groups is 2. The highest BCUT2D eigenvalue weighted by molar-refractivity contribution is 7.90. The second-order valence-corrected chi connectivity index (χ2v) is 9.38. The Morgan fingerprint density at radius 1 is 1.20 bits per heavy atom. The van der Waals surface area contributed by atoms with Gasteiger partial charge in [-0.25, -0.2) is 12.7 Å². The molecule has 0 fully saturated rings. The average molecular weight is 447 g/mol. The summed E-state index contributed by atoms with van der Waals surface area (Å²) >= 11 is 1.45. The molecule has 4 rings (SSSR count). The van der Waals surface area contributed by atoms with Crippen molar-refractivity contribution in [2.75, 3.05) is 13.1 Å². The van der Waals surface area contributed by atoms with Crippen LogP contribution in [-0.2, 0) is 21.4 Å². The number of benzene rings is 1. The molecule has 1 aliphatic heterocycles. The number of thiophene rings is 1.